The Morgan fingerprint density at radius 2 is 0.857 bits per heavy atom. The molecule has 7 fully saturated rings. The number of aryl methyl sites for hydroxylation is 3. The van der Waals surface area contributed by atoms with Crippen LogP contribution in [-0.2, 0) is 44.8 Å². The zero-order valence-corrected chi connectivity index (χ0v) is 86.1. The first-order valence-corrected chi connectivity index (χ1v) is 48.4. The maximum absolute atomic E-state index is 12.4. The van der Waals surface area contributed by atoms with Crippen molar-refractivity contribution in [1.29, 1.82) is 0 Å². The predicted octanol–water partition coefficient (Wildman–Crippen LogP) is 17.0. The van der Waals surface area contributed by atoms with Gasteiger partial charge in [-0.15, -0.1) is 0 Å². The molecule has 6 unspecified atom stereocenters. The summed E-state index contributed by atoms with van der Waals surface area (Å²) in [4.78, 5) is 109. The normalized spacial score (nSPS) is 20.3. The number of hydrogen-bond acceptors (Lipinski definition) is 16. The largest absolute Gasteiger partial charge is 0.497 e. The SMILES string of the molecule is CC(C)(C)C(=O)N1CCNC(C2=CCN=C2)C1.CC1CN(c2ccccc2)CCN1C(=O)C(C)(C)C.COc1cccc(C2CN(C(=O)C(C)(C)C)CCN2)c1.COc1cccc(CN2CCN(C(=O)C(C)(C)C)CC2)c1.Cc1ccc(C2CN(C(=O)C(C)(C)C)CCN2)cc1.Cc1cccc(C2CCN(C(=O)C(C)(C)C)C2)c1.Cc1ccccc1C1CN(C(=O)C(C)(C)C)CCO1. The van der Waals surface area contributed by atoms with Crippen molar-refractivity contribution in [2.24, 2.45) is 42.9 Å². The highest BCUT2D eigenvalue weighted by atomic mass is 16.5. The van der Waals surface area contributed by atoms with E-state index in [0.717, 1.165) is 148 Å². The molecule has 7 amide bonds. The van der Waals surface area contributed by atoms with Crippen LogP contribution in [0.2, 0.25) is 0 Å². The lowest BCUT2D eigenvalue weighted by Crippen LogP contribution is -2.56. The summed E-state index contributed by atoms with van der Waals surface area (Å²) in [7, 11) is 3.36. The van der Waals surface area contributed by atoms with E-state index in [1.165, 1.54) is 50.2 Å². The third-order valence-electron chi connectivity index (χ3n) is 25.0. The molecule has 23 nitrogen and oxygen atoms in total. The molecule has 14 rings (SSSR count). The van der Waals surface area contributed by atoms with Gasteiger partial charge in [0.1, 0.15) is 17.6 Å². The van der Waals surface area contributed by atoms with Crippen LogP contribution in [0.25, 0.3) is 0 Å². The summed E-state index contributed by atoms with van der Waals surface area (Å²) in [5.41, 5.74) is 10.4. The number of methoxy groups -OCH3 is 2. The first-order valence-electron chi connectivity index (χ1n) is 48.4. The molecule has 0 saturated carbocycles. The van der Waals surface area contributed by atoms with Crippen molar-refractivity contribution in [3.8, 4) is 11.5 Å². The zero-order valence-electron chi connectivity index (χ0n) is 86.1. The first-order chi connectivity index (χ1) is 62.3. The van der Waals surface area contributed by atoms with Crippen LogP contribution in [0.1, 0.15) is 227 Å². The molecule has 7 saturated heterocycles. The van der Waals surface area contributed by atoms with Gasteiger partial charge in [0.05, 0.1) is 46.0 Å². The number of para-hydroxylation sites is 1. The fraction of sp³-hybridized carbons (Fsp3) is 0.582. The van der Waals surface area contributed by atoms with Crippen molar-refractivity contribution in [2.45, 2.75) is 222 Å². The molecule has 3 N–H and O–H groups in total. The number of piperazine rings is 5. The van der Waals surface area contributed by atoms with Gasteiger partial charge in [-0.05, 0) is 109 Å². The molecule has 0 spiro atoms. The molecule has 23 heteroatoms. The number of aliphatic imine (C=N–C) groups is 1. The van der Waals surface area contributed by atoms with Gasteiger partial charge < -0.3 is 69.4 Å². The number of carbonyl (C=O) groups is 7. The Bertz CT molecular complexity index is 4800. The molecule has 0 bridgehead atoms. The molecule has 133 heavy (non-hydrogen) atoms. The lowest BCUT2D eigenvalue weighted by molar-refractivity contribution is -0.147. The number of carbonyl (C=O) groups excluding carboxylic acids is 7. The Hall–Kier alpha value is -9.78. The second-order valence-corrected chi connectivity index (χ2v) is 44.1. The number of nitrogens with zero attached hydrogens (tertiary/aromatic N) is 10. The Balaban J connectivity index is 0.000000191. The summed E-state index contributed by atoms with van der Waals surface area (Å²) < 4.78 is 16.4. The van der Waals surface area contributed by atoms with Crippen molar-refractivity contribution in [2.75, 3.05) is 163 Å². The van der Waals surface area contributed by atoms with Gasteiger partial charge in [-0.3, -0.25) is 43.5 Å². The molecule has 8 aliphatic heterocycles. The van der Waals surface area contributed by atoms with Crippen molar-refractivity contribution in [3.05, 3.63) is 208 Å². The molecule has 0 radical (unpaired) electrons. The number of nitrogens with one attached hydrogen (secondary N) is 3. The van der Waals surface area contributed by atoms with Gasteiger partial charge in [-0.1, -0.05) is 278 Å². The molecule has 8 aliphatic rings. The van der Waals surface area contributed by atoms with Gasteiger partial charge in [0.15, 0.2) is 0 Å². The first kappa shape index (κ1) is 109. The number of ether oxygens (including phenoxy) is 3. The second kappa shape index (κ2) is 48.6. The van der Waals surface area contributed by atoms with Crippen LogP contribution in [0.5, 0.6) is 11.5 Å². The minimum absolute atomic E-state index is 0.00116. The van der Waals surface area contributed by atoms with Crippen LogP contribution in [0, 0.1) is 58.7 Å². The van der Waals surface area contributed by atoms with Gasteiger partial charge in [0.2, 0.25) is 41.4 Å². The number of morpholine rings is 1. The number of hydrogen-bond donors (Lipinski definition) is 3. The minimum atomic E-state index is -0.326. The average molecular weight is 1830 g/mol. The molecule has 6 aromatic rings. The highest BCUT2D eigenvalue weighted by molar-refractivity contribution is 5.86. The van der Waals surface area contributed by atoms with E-state index in [1.54, 1.807) is 14.2 Å². The highest BCUT2D eigenvalue weighted by Gasteiger charge is 2.40. The topological polar surface area (TPSA) is 225 Å². The van der Waals surface area contributed by atoms with Gasteiger partial charge in [-0.2, -0.15) is 0 Å². The third kappa shape index (κ3) is 33.3. The second-order valence-electron chi connectivity index (χ2n) is 44.1. The van der Waals surface area contributed by atoms with E-state index in [2.05, 4.69) is 168 Å². The number of likely N-dealkylation sites (tertiary alicyclic amines) is 1. The van der Waals surface area contributed by atoms with Gasteiger partial charge in [0, 0.05) is 199 Å². The summed E-state index contributed by atoms with van der Waals surface area (Å²) in [6.07, 6.45) is 5.14. The molecule has 0 aliphatic carbocycles. The van der Waals surface area contributed by atoms with Crippen LogP contribution >= 0.6 is 0 Å². The summed E-state index contributed by atoms with van der Waals surface area (Å²) in [6, 6.07) is 53.0. The summed E-state index contributed by atoms with van der Waals surface area (Å²) in [5.74, 6) is 3.94. The van der Waals surface area contributed by atoms with E-state index < -0.39 is 0 Å². The van der Waals surface area contributed by atoms with Gasteiger partial charge >= 0.3 is 0 Å². The number of benzene rings is 6. The lowest BCUT2D eigenvalue weighted by Gasteiger charge is -2.43. The predicted molar refractivity (Wildman–Crippen MR) is 541 cm³/mol. The molecule has 6 atom stereocenters. The minimum Gasteiger partial charge on any atom is -0.497 e. The smallest absolute Gasteiger partial charge is 0.228 e. The van der Waals surface area contributed by atoms with Crippen LogP contribution < -0.4 is 30.3 Å². The average Bonchev–Trinajstić information content (AvgIpc) is 1.81. The molecule has 8 heterocycles. The molecular formula is C110H165N13O10. The standard InChI is InChI=1S/C17H26N2O2.C16H24N2O2.2C16H24N2O.C16H23NO2.C16H23NO.C13H21N3O/c1-17(2,3)16(20)19-10-8-18(9-11-19)13-14-6-5-7-15(12-14)21-4;1-16(2,3)15(19)18-9-8-17-14(11-18)12-6-5-7-13(10-12)20-4;1-12-5-7-13(8-6-12)14-11-18(10-9-17-14)15(19)16(2,3)4;1-13-12-17(14-8-6-5-7-9-14)10-11-18(13)15(19)16(2,3)4;1-12-7-5-6-8-13(12)14-11-17(9-10-19-14)15(18)16(2,3)4;1-12-6-5-7-13(10-12)14-8-9-17(11-14)15(18)16(2,3)4;1-13(2,3)12(17)16-7-6-15-11(9-16)10-4-5-14-8-10/h5-7,12H,8-11,13H2,1-4H3;5-7,10,14,17H,8-9,11H2,1-4H3;5-8,14,17H,9-11H2,1-4H3;5-9,13H,10-12H2,1-4H3;5-8,14H,9-11H2,1-4H3;5-7,10,14H,8-9,11H2,1-4H3;4,8,11,15H,5-7,9H2,1-3H3. The quantitative estimate of drug-likeness (QED) is 0.116. The monoisotopic (exact) mass is 1830 g/mol. The summed E-state index contributed by atoms with van der Waals surface area (Å²) >= 11 is 0. The number of anilines is 1. The Kier molecular flexibility index (Phi) is 39.7. The van der Waals surface area contributed by atoms with Crippen molar-refractivity contribution in [1.82, 2.24) is 55.1 Å². The van der Waals surface area contributed by atoms with Crippen LogP contribution in [0.4, 0.5) is 5.69 Å². The van der Waals surface area contributed by atoms with E-state index >= 15 is 0 Å². The molecule has 6 aromatic carbocycles. The Morgan fingerprint density at radius 1 is 0.398 bits per heavy atom. The van der Waals surface area contributed by atoms with E-state index in [4.69, 9.17) is 14.2 Å². The maximum atomic E-state index is 12.4. The highest BCUT2D eigenvalue weighted by Crippen LogP contribution is 2.35. The van der Waals surface area contributed by atoms with E-state index in [0.29, 0.717) is 32.2 Å². The zero-order chi connectivity index (χ0) is 98.1. The maximum Gasteiger partial charge on any atom is 0.228 e. The lowest BCUT2D eigenvalue weighted by atomic mass is 9.93. The summed E-state index contributed by atoms with van der Waals surface area (Å²) in [6.45, 7) is 68.7. The van der Waals surface area contributed by atoms with Crippen LogP contribution in [0.15, 0.2) is 168 Å². The van der Waals surface area contributed by atoms with Crippen LogP contribution in [0.3, 0.4) is 0 Å². The van der Waals surface area contributed by atoms with Crippen LogP contribution in [-0.4, -0.2) is 257 Å². The fourth-order valence-corrected chi connectivity index (χ4v) is 17.4. The Morgan fingerprint density at radius 3 is 1.35 bits per heavy atom. The van der Waals surface area contributed by atoms with Gasteiger partial charge in [-0.25, -0.2) is 0 Å². The van der Waals surface area contributed by atoms with Crippen molar-refractivity contribution >= 4 is 53.3 Å². The number of rotatable bonds is 10. The summed E-state index contributed by atoms with van der Waals surface area (Å²) in [5, 5.41) is 10.4. The number of amides is 7. The third-order valence-corrected chi connectivity index (χ3v) is 25.0. The fourth-order valence-electron chi connectivity index (χ4n) is 17.4. The van der Waals surface area contributed by atoms with E-state index in [9.17, 15) is 33.6 Å². The van der Waals surface area contributed by atoms with E-state index in [1.807, 2.05) is 234 Å². The van der Waals surface area contributed by atoms with E-state index in [-0.39, 0.29) is 110 Å². The van der Waals surface area contributed by atoms with Gasteiger partial charge in [0.25, 0.3) is 0 Å². The molecule has 730 valence electrons. The van der Waals surface area contributed by atoms with Crippen molar-refractivity contribution < 1.29 is 47.8 Å². The molecular weight excluding hydrogens is 1660 g/mol. The van der Waals surface area contributed by atoms with Crippen molar-refractivity contribution in [3.63, 3.8) is 0 Å². The Labute approximate surface area is 799 Å². The molecule has 0 aromatic heterocycles.